The third kappa shape index (κ3) is 5.73. The highest BCUT2D eigenvalue weighted by atomic mass is 79.9. The van der Waals surface area contributed by atoms with Crippen LogP contribution in [0.5, 0.6) is 5.75 Å². The summed E-state index contributed by atoms with van der Waals surface area (Å²) in [5.41, 5.74) is 1.01. The van der Waals surface area contributed by atoms with E-state index in [-0.39, 0.29) is 53.3 Å². The number of amides is 3. The highest BCUT2D eigenvalue weighted by Gasteiger charge is 2.67. The Kier molecular flexibility index (Phi) is 8.66. The van der Waals surface area contributed by atoms with Crippen LogP contribution in [0.1, 0.15) is 32.7 Å². The van der Waals surface area contributed by atoms with E-state index in [9.17, 15) is 27.6 Å². The standard InChI is InChI=1S/C31H24Br2Cl2N2O7S/c1-15-2-9-19(10-3-15)45(42,43)44-18-7-4-16(5-8-18)24(38)14-36(29(39)17-6-11-22(34)23(35)12-17)37-30(40)25-20-13-21(26(25)31(37)41)28(33)27(20)32/h2-12,20-21,25-28H,13-14H2,1H3/t20-,21-,25-,26-,27+,28+/m1/s1. The van der Waals surface area contributed by atoms with Crippen molar-refractivity contribution >= 4 is 88.7 Å². The minimum atomic E-state index is -4.12. The lowest BCUT2D eigenvalue weighted by atomic mass is 9.81. The van der Waals surface area contributed by atoms with E-state index in [1.807, 2.05) is 6.92 Å². The number of imide groups is 1. The Labute approximate surface area is 286 Å². The van der Waals surface area contributed by atoms with Crippen LogP contribution in [0.3, 0.4) is 0 Å². The Morgan fingerprint density at radius 2 is 1.42 bits per heavy atom. The number of benzene rings is 3. The molecule has 3 amide bonds. The summed E-state index contributed by atoms with van der Waals surface area (Å²) in [5.74, 6) is -3.93. The SMILES string of the molecule is Cc1ccc(S(=O)(=O)Oc2ccc(C(=O)CN(C(=O)c3ccc(Cl)c(Cl)c3)N3C(=O)[C@@H]4[C@H]5C[C@@H]([C@H](Br)[C@H]5Br)[C@H]4C3=O)cc2)cc1. The zero-order valence-corrected chi connectivity index (χ0v) is 28.9. The molecule has 9 nitrogen and oxygen atoms in total. The predicted octanol–water partition coefficient (Wildman–Crippen LogP) is 6.09. The summed E-state index contributed by atoms with van der Waals surface area (Å²) in [6.45, 7) is 1.18. The summed E-state index contributed by atoms with van der Waals surface area (Å²) in [5, 5.41) is 1.97. The van der Waals surface area contributed by atoms with Crippen molar-refractivity contribution < 1.29 is 31.8 Å². The second-order valence-electron chi connectivity index (χ2n) is 11.3. The number of halogens is 4. The molecule has 2 bridgehead atoms. The van der Waals surface area contributed by atoms with Crippen LogP contribution >= 0.6 is 55.1 Å². The van der Waals surface area contributed by atoms with Gasteiger partial charge >= 0.3 is 10.1 Å². The number of hydrogen-bond donors (Lipinski definition) is 0. The molecule has 234 valence electrons. The van der Waals surface area contributed by atoms with Crippen LogP contribution < -0.4 is 4.18 Å². The van der Waals surface area contributed by atoms with Gasteiger partial charge in [0.2, 0.25) is 0 Å². The molecular weight excluding hydrogens is 775 g/mol. The molecule has 3 fully saturated rings. The van der Waals surface area contributed by atoms with Crippen molar-refractivity contribution in [2.75, 3.05) is 6.54 Å². The number of carbonyl (C=O) groups is 4. The maximum absolute atomic E-state index is 13.9. The largest absolute Gasteiger partial charge is 0.379 e. The maximum Gasteiger partial charge on any atom is 0.339 e. The van der Waals surface area contributed by atoms with Crippen molar-refractivity contribution in [3.63, 3.8) is 0 Å². The number of hydrazine groups is 1. The lowest BCUT2D eigenvalue weighted by Crippen LogP contribution is -2.52. The van der Waals surface area contributed by atoms with Gasteiger partial charge in [0.25, 0.3) is 17.7 Å². The Bertz CT molecular complexity index is 1810. The van der Waals surface area contributed by atoms with Gasteiger partial charge < -0.3 is 4.18 Å². The van der Waals surface area contributed by atoms with Gasteiger partial charge in [-0.05, 0) is 79.8 Å². The first-order chi connectivity index (χ1) is 21.3. The van der Waals surface area contributed by atoms with Crippen molar-refractivity contribution in [3.05, 3.63) is 93.5 Å². The van der Waals surface area contributed by atoms with Crippen LogP contribution in [0.25, 0.3) is 0 Å². The highest BCUT2D eigenvalue weighted by molar-refractivity contribution is 9.12. The smallest absolute Gasteiger partial charge is 0.339 e. The van der Waals surface area contributed by atoms with E-state index in [1.165, 1.54) is 54.6 Å². The Hall–Kier alpha value is -2.77. The fourth-order valence-corrected chi connectivity index (χ4v) is 9.49. The second kappa shape index (κ2) is 12.1. The zero-order chi connectivity index (χ0) is 32.4. The summed E-state index contributed by atoms with van der Waals surface area (Å²) in [4.78, 5) is 55.0. The second-order valence-corrected chi connectivity index (χ2v) is 15.8. The lowest BCUT2D eigenvalue weighted by Gasteiger charge is -2.31. The number of hydrogen-bond acceptors (Lipinski definition) is 7. The van der Waals surface area contributed by atoms with Crippen molar-refractivity contribution in [3.8, 4) is 5.75 Å². The molecular formula is C31H24Br2Cl2N2O7S. The monoisotopic (exact) mass is 796 g/mol. The van der Waals surface area contributed by atoms with Gasteiger partial charge in [0.1, 0.15) is 17.2 Å². The topological polar surface area (TPSA) is 118 Å². The van der Waals surface area contributed by atoms with Crippen LogP contribution in [0.15, 0.2) is 71.6 Å². The molecule has 0 N–H and O–H groups in total. The minimum absolute atomic E-state index is 0.0168. The first-order valence-electron chi connectivity index (χ1n) is 13.9. The average Bonchev–Trinajstić information content (AvgIpc) is 3.62. The maximum atomic E-state index is 13.9. The zero-order valence-electron chi connectivity index (χ0n) is 23.4. The summed E-state index contributed by atoms with van der Waals surface area (Å²) in [7, 11) is -4.12. The van der Waals surface area contributed by atoms with E-state index in [4.69, 9.17) is 27.4 Å². The molecule has 14 heteroatoms. The average molecular weight is 799 g/mol. The number of aryl methyl sites for hydroxylation is 1. The Balaban J connectivity index is 1.27. The fourth-order valence-electron chi connectivity index (χ4n) is 6.39. The van der Waals surface area contributed by atoms with E-state index in [1.54, 1.807) is 12.1 Å². The van der Waals surface area contributed by atoms with Crippen LogP contribution in [0.4, 0.5) is 0 Å². The minimum Gasteiger partial charge on any atom is -0.379 e. The van der Waals surface area contributed by atoms with Gasteiger partial charge in [-0.15, -0.1) is 0 Å². The molecule has 0 spiro atoms. The number of carbonyl (C=O) groups excluding carboxylic acids is 4. The molecule has 1 saturated heterocycles. The number of fused-ring (bicyclic) bond motifs is 5. The van der Waals surface area contributed by atoms with Gasteiger partial charge in [-0.3, -0.25) is 19.2 Å². The Morgan fingerprint density at radius 3 is 1.98 bits per heavy atom. The molecule has 2 aliphatic carbocycles. The van der Waals surface area contributed by atoms with Crippen molar-refractivity contribution in [2.45, 2.75) is 27.9 Å². The third-order valence-corrected chi connectivity index (χ3v) is 13.8. The number of alkyl halides is 2. The van der Waals surface area contributed by atoms with E-state index >= 15 is 0 Å². The molecule has 3 aromatic rings. The molecule has 6 rings (SSSR count). The van der Waals surface area contributed by atoms with Gasteiger partial charge in [0.15, 0.2) is 5.78 Å². The first kappa shape index (κ1) is 32.2. The van der Waals surface area contributed by atoms with Gasteiger partial charge in [-0.1, -0.05) is 72.8 Å². The van der Waals surface area contributed by atoms with Gasteiger partial charge in [0.05, 0.1) is 21.9 Å². The molecule has 1 aliphatic heterocycles. The fraction of sp³-hybridized carbons (Fsp3) is 0.290. The van der Waals surface area contributed by atoms with Crippen LogP contribution in [0.2, 0.25) is 10.0 Å². The van der Waals surface area contributed by atoms with E-state index in [2.05, 4.69) is 31.9 Å². The number of nitrogens with zero attached hydrogens (tertiary/aromatic N) is 2. The third-order valence-electron chi connectivity index (χ3n) is 8.59. The van der Waals surface area contributed by atoms with Crippen molar-refractivity contribution in [1.29, 1.82) is 0 Å². The molecule has 45 heavy (non-hydrogen) atoms. The van der Waals surface area contributed by atoms with Gasteiger partial charge in [0, 0.05) is 20.8 Å². The normalized spacial score (nSPS) is 25.4. The Morgan fingerprint density at radius 1 is 0.867 bits per heavy atom. The van der Waals surface area contributed by atoms with Crippen LogP contribution in [-0.2, 0) is 19.7 Å². The lowest BCUT2D eigenvalue weighted by molar-refractivity contribution is -0.154. The van der Waals surface area contributed by atoms with Crippen LogP contribution in [0, 0.1) is 30.6 Å². The van der Waals surface area contributed by atoms with E-state index < -0.39 is 52.0 Å². The summed E-state index contributed by atoms with van der Waals surface area (Å²) in [6.07, 6.45) is 0.695. The number of ketones is 1. The van der Waals surface area contributed by atoms with Gasteiger partial charge in [-0.2, -0.15) is 13.4 Å². The molecule has 0 radical (unpaired) electrons. The van der Waals surface area contributed by atoms with Crippen LogP contribution in [-0.4, -0.2) is 58.1 Å². The summed E-state index contributed by atoms with van der Waals surface area (Å²) < 4.78 is 30.6. The molecule has 2 saturated carbocycles. The van der Waals surface area contributed by atoms with Crippen molar-refractivity contribution in [2.24, 2.45) is 23.7 Å². The molecule has 3 aromatic carbocycles. The number of rotatable bonds is 8. The van der Waals surface area contributed by atoms with Gasteiger partial charge in [-0.25, -0.2) is 5.01 Å². The predicted molar refractivity (Wildman–Crippen MR) is 173 cm³/mol. The van der Waals surface area contributed by atoms with E-state index in [0.29, 0.717) is 6.42 Å². The molecule has 0 unspecified atom stereocenters. The highest BCUT2D eigenvalue weighted by Crippen LogP contribution is 2.60. The summed E-state index contributed by atoms with van der Waals surface area (Å²) >= 11 is 19.5. The van der Waals surface area contributed by atoms with E-state index in [0.717, 1.165) is 15.6 Å². The summed E-state index contributed by atoms with van der Waals surface area (Å²) in [6, 6.07) is 15.6. The molecule has 0 aromatic heterocycles. The number of Topliss-reactive ketones (excluding diaryl/α,β-unsaturated/α-hetero) is 1. The first-order valence-corrected chi connectivity index (χ1v) is 17.8. The molecule has 1 heterocycles. The molecule has 6 atom stereocenters. The van der Waals surface area contributed by atoms with Crippen molar-refractivity contribution in [1.82, 2.24) is 10.0 Å². The quantitative estimate of drug-likeness (QED) is 0.117. The molecule has 3 aliphatic rings.